The molecule has 0 aliphatic heterocycles. The molecule has 0 atom stereocenters. The summed E-state index contributed by atoms with van der Waals surface area (Å²) in [6.45, 7) is 1.23. The average molecular weight is 355 g/mol. The van der Waals surface area contributed by atoms with E-state index in [1.165, 1.54) is 34.8 Å². The lowest BCUT2D eigenvalue weighted by Crippen LogP contribution is -2.26. The summed E-state index contributed by atoms with van der Waals surface area (Å²) in [6, 6.07) is 3.49. The van der Waals surface area contributed by atoms with Crippen LogP contribution in [0.5, 0.6) is 0 Å². The first kappa shape index (κ1) is 18.4. The van der Waals surface area contributed by atoms with Crippen molar-refractivity contribution in [2.24, 2.45) is 0 Å². The number of halogens is 3. The Balaban J connectivity index is 2.13. The van der Waals surface area contributed by atoms with Crippen molar-refractivity contribution < 1.29 is 22.8 Å². The van der Waals surface area contributed by atoms with E-state index in [0.29, 0.717) is 0 Å². The predicted molar refractivity (Wildman–Crippen MR) is 82.9 cm³/mol. The topological polar surface area (TPSA) is 80.1 Å². The average Bonchev–Trinajstić information content (AvgIpc) is 2.96. The molecule has 2 aromatic rings. The van der Waals surface area contributed by atoms with Crippen molar-refractivity contribution in [3.05, 3.63) is 41.2 Å². The maximum Gasteiger partial charge on any atom is 0.416 e. The molecule has 10 heteroatoms. The molecule has 1 aromatic carbocycles. The van der Waals surface area contributed by atoms with E-state index in [1.807, 2.05) is 0 Å². The smallest absolute Gasteiger partial charge is 0.347 e. The molecule has 0 saturated carbocycles. The summed E-state index contributed by atoms with van der Waals surface area (Å²) in [4.78, 5) is 25.0. The monoisotopic (exact) mass is 355 g/mol. The molecule has 0 bridgehead atoms. The van der Waals surface area contributed by atoms with Crippen molar-refractivity contribution >= 4 is 17.5 Å². The normalized spacial score (nSPS) is 11.3. The first-order valence-corrected chi connectivity index (χ1v) is 7.17. The van der Waals surface area contributed by atoms with Gasteiger partial charge < -0.3 is 10.2 Å². The van der Waals surface area contributed by atoms with Crippen LogP contribution in [0.3, 0.4) is 0 Å². The molecule has 0 aliphatic rings. The van der Waals surface area contributed by atoms with Gasteiger partial charge in [-0.15, -0.1) is 5.10 Å². The van der Waals surface area contributed by atoms with Gasteiger partial charge in [-0.05, 0) is 24.6 Å². The molecule has 0 unspecified atom stereocenters. The lowest BCUT2D eigenvalue weighted by atomic mass is 10.1. The second-order valence-electron chi connectivity index (χ2n) is 5.57. The summed E-state index contributed by atoms with van der Waals surface area (Å²) in [7, 11) is 3.14. The largest absolute Gasteiger partial charge is 0.416 e. The number of benzene rings is 1. The highest BCUT2D eigenvalue weighted by Crippen LogP contribution is 2.33. The Morgan fingerprint density at radius 2 is 1.96 bits per heavy atom. The number of nitrogens with one attached hydrogen (secondary N) is 1. The van der Waals surface area contributed by atoms with Crippen LogP contribution >= 0.6 is 0 Å². The van der Waals surface area contributed by atoms with Crippen LogP contribution in [-0.4, -0.2) is 45.8 Å². The molecule has 0 fully saturated rings. The standard InChI is InChI=1S/C15H16F3N5O2/c1-9-4-5-10(6-11(9)15(16,17)18)19-14(25)12-7-23(21-20-12)8-13(24)22(2)3/h4-7H,8H2,1-3H3,(H,19,25). The van der Waals surface area contributed by atoms with Gasteiger partial charge in [0, 0.05) is 19.8 Å². The SMILES string of the molecule is Cc1ccc(NC(=O)c2cn(CC(=O)N(C)C)nn2)cc1C(F)(F)F. The fourth-order valence-corrected chi connectivity index (χ4v) is 1.96. The van der Waals surface area contributed by atoms with Crippen molar-refractivity contribution in [3.8, 4) is 0 Å². The van der Waals surface area contributed by atoms with E-state index in [9.17, 15) is 22.8 Å². The Bertz CT molecular complexity index is 799. The highest BCUT2D eigenvalue weighted by atomic mass is 19.4. The van der Waals surface area contributed by atoms with Gasteiger partial charge in [0.05, 0.1) is 11.8 Å². The van der Waals surface area contributed by atoms with Crippen LogP contribution in [0.4, 0.5) is 18.9 Å². The van der Waals surface area contributed by atoms with Crippen molar-refractivity contribution in [2.45, 2.75) is 19.6 Å². The van der Waals surface area contributed by atoms with Crippen LogP contribution in [0.2, 0.25) is 0 Å². The number of hydrogen-bond acceptors (Lipinski definition) is 4. The number of anilines is 1. The molecule has 1 heterocycles. The quantitative estimate of drug-likeness (QED) is 0.909. The van der Waals surface area contributed by atoms with Gasteiger partial charge in [-0.1, -0.05) is 11.3 Å². The summed E-state index contributed by atoms with van der Waals surface area (Å²) >= 11 is 0. The molecular formula is C15H16F3N5O2. The summed E-state index contributed by atoms with van der Waals surface area (Å²) in [5, 5.41) is 9.61. The maximum absolute atomic E-state index is 12.9. The third-order valence-electron chi connectivity index (χ3n) is 3.37. The molecular weight excluding hydrogens is 339 g/mol. The van der Waals surface area contributed by atoms with Gasteiger partial charge in [-0.2, -0.15) is 13.2 Å². The van der Waals surface area contributed by atoms with Gasteiger partial charge in [0.1, 0.15) is 6.54 Å². The third kappa shape index (κ3) is 4.55. The molecule has 0 radical (unpaired) electrons. The number of hydrogen-bond donors (Lipinski definition) is 1. The van der Waals surface area contributed by atoms with E-state index in [2.05, 4.69) is 15.6 Å². The van der Waals surface area contributed by atoms with Crippen molar-refractivity contribution in [2.75, 3.05) is 19.4 Å². The number of alkyl halides is 3. The number of aromatic nitrogens is 3. The second-order valence-corrected chi connectivity index (χ2v) is 5.57. The lowest BCUT2D eigenvalue weighted by Gasteiger charge is -2.12. The van der Waals surface area contributed by atoms with E-state index >= 15 is 0 Å². The zero-order valence-corrected chi connectivity index (χ0v) is 13.8. The lowest BCUT2D eigenvalue weighted by molar-refractivity contribution is -0.138. The van der Waals surface area contributed by atoms with Crippen LogP contribution in [0.15, 0.2) is 24.4 Å². The number of likely N-dealkylation sites (N-methyl/N-ethyl adjacent to an activating group) is 1. The van der Waals surface area contributed by atoms with E-state index in [4.69, 9.17) is 0 Å². The molecule has 25 heavy (non-hydrogen) atoms. The van der Waals surface area contributed by atoms with E-state index < -0.39 is 17.6 Å². The summed E-state index contributed by atoms with van der Waals surface area (Å²) < 4.78 is 39.9. The number of rotatable bonds is 4. The zero-order valence-electron chi connectivity index (χ0n) is 13.8. The van der Waals surface area contributed by atoms with Gasteiger partial charge in [-0.25, -0.2) is 4.68 Å². The van der Waals surface area contributed by atoms with E-state index in [1.54, 1.807) is 14.1 Å². The highest BCUT2D eigenvalue weighted by Gasteiger charge is 2.32. The first-order chi connectivity index (χ1) is 11.6. The number of carbonyl (C=O) groups is 2. The Hall–Kier alpha value is -2.91. The Labute approximate surface area is 141 Å². The number of aryl methyl sites for hydroxylation is 1. The molecule has 0 saturated heterocycles. The van der Waals surface area contributed by atoms with Crippen LogP contribution in [0.1, 0.15) is 21.6 Å². The second kappa shape index (κ2) is 6.91. The third-order valence-corrected chi connectivity index (χ3v) is 3.37. The minimum absolute atomic E-state index is 0.0122. The van der Waals surface area contributed by atoms with Gasteiger partial charge in [-0.3, -0.25) is 9.59 Å². The van der Waals surface area contributed by atoms with Crippen LogP contribution in [0, 0.1) is 6.92 Å². The summed E-state index contributed by atoms with van der Waals surface area (Å²) in [5.74, 6) is -0.967. The molecule has 1 aromatic heterocycles. The van der Waals surface area contributed by atoms with E-state index in [-0.39, 0.29) is 29.4 Å². The minimum atomic E-state index is -4.51. The first-order valence-electron chi connectivity index (χ1n) is 7.17. The van der Waals surface area contributed by atoms with Gasteiger partial charge in [0.25, 0.3) is 5.91 Å². The molecule has 2 rings (SSSR count). The van der Waals surface area contributed by atoms with Crippen LogP contribution in [-0.2, 0) is 17.5 Å². The fraction of sp³-hybridized carbons (Fsp3) is 0.333. The highest BCUT2D eigenvalue weighted by molar-refractivity contribution is 6.02. The summed E-state index contributed by atoms with van der Waals surface area (Å²) in [6.07, 6.45) is -3.27. The fourth-order valence-electron chi connectivity index (χ4n) is 1.96. The molecule has 0 aliphatic carbocycles. The summed E-state index contributed by atoms with van der Waals surface area (Å²) in [5.41, 5.74) is -0.897. The minimum Gasteiger partial charge on any atom is -0.347 e. The zero-order chi connectivity index (χ0) is 18.8. The van der Waals surface area contributed by atoms with Gasteiger partial charge in [0.15, 0.2) is 5.69 Å². The van der Waals surface area contributed by atoms with Gasteiger partial charge >= 0.3 is 6.18 Å². The van der Waals surface area contributed by atoms with E-state index in [0.717, 1.165) is 6.07 Å². The number of carbonyl (C=O) groups excluding carboxylic acids is 2. The molecule has 1 N–H and O–H groups in total. The molecule has 7 nitrogen and oxygen atoms in total. The van der Waals surface area contributed by atoms with Crippen molar-refractivity contribution in [1.82, 2.24) is 19.9 Å². The molecule has 134 valence electrons. The Morgan fingerprint density at radius 1 is 1.28 bits per heavy atom. The predicted octanol–water partition coefficient (Wildman–Crippen LogP) is 1.95. The van der Waals surface area contributed by atoms with Crippen LogP contribution < -0.4 is 5.32 Å². The van der Waals surface area contributed by atoms with Crippen molar-refractivity contribution in [3.63, 3.8) is 0 Å². The maximum atomic E-state index is 12.9. The number of amides is 2. The number of nitrogens with zero attached hydrogens (tertiary/aromatic N) is 4. The molecule has 0 spiro atoms. The Morgan fingerprint density at radius 3 is 2.56 bits per heavy atom. The molecule has 2 amide bonds. The van der Waals surface area contributed by atoms with Gasteiger partial charge in [0.2, 0.25) is 5.91 Å². The Kier molecular flexibility index (Phi) is 5.10. The van der Waals surface area contributed by atoms with Crippen LogP contribution in [0.25, 0.3) is 0 Å². The van der Waals surface area contributed by atoms with Crippen molar-refractivity contribution in [1.29, 1.82) is 0 Å².